The highest BCUT2D eigenvalue weighted by Gasteiger charge is 2.32. The summed E-state index contributed by atoms with van der Waals surface area (Å²) in [6, 6.07) is 15.7. The van der Waals surface area contributed by atoms with Crippen molar-refractivity contribution in [3.63, 3.8) is 0 Å². The van der Waals surface area contributed by atoms with E-state index in [1.54, 1.807) is 12.1 Å². The Morgan fingerprint density at radius 3 is 2.22 bits per heavy atom. The van der Waals surface area contributed by atoms with E-state index in [0.29, 0.717) is 25.2 Å². The predicted molar refractivity (Wildman–Crippen MR) is 103 cm³/mol. The minimum atomic E-state index is -3.60. The SMILES string of the molecule is C[C@@H]1CN(S(=O)(=O)c2ccc(C(=O)NCc3ccccc3)cc2)C[C@H](C)O1. The molecule has 2 atom stereocenters. The molecule has 0 saturated carbocycles. The van der Waals surface area contributed by atoms with Crippen LogP contribution in [0.1, 0.15) is 29.8 Å². The number of amides is 1. The fraction of sp³-hybridized carbons (Fsp3) is 0.350. The number of hydrogen-bond donors (Lipinski definition) is 1. The fourth-order valence-electron chi connectivity index (χ4n) is 3.13. The second-order valence-electron chi connectivity index (χ2n) is 6.77. The number of ether oxygens (including phenoxy) is 1. The number of morpholine rings is 1. The van der Waals surface area contributed by atoms with Crippen LogP contribution >= 0.6 is 0 Å². The van der Waals surface area contributed by atoms with Gasteiger partial charge >= 0.3 is 0 Å². The molecule has 0 spiro atoms. The molecule has 27 heavy (non-hydrogen) atoms. The van der Waals surface area contributed by atoms with Crippen LogP contribution in [0, 0.1) is 0 Å². The largest absolute Gasteiger partial charge is 0.373 e. The molecule has 1 saturated heterocycles. The number of benzene rings is 2. The normalized spacial score (nSPS) is 21.0. The molecular formula is C20H24N2O4S. The van der Waals surface area contributed by atoms with Gasteiger partial charge in [-0.1, -0.05) is 30.3 Å². The Morgan fingerprint density at radius 2 is 1.63 bits per heavy atom. The Kier molecular flexibility index (Phi) is 5.94. The van der Waals surface area contributed by atoms with E-state index in [9.17, 15) is 13.2 Å². The van der Waals surface area contributed by atoms with E-state index >= 15 is 0 Å². The zero-order chi connectivity index (χ0) is 19.4. The third kappa shape index (κ3) is 4.74. The van der Waals surface area contributed by atoms with E-state index in [2.05, 4.69) is 5.32 Å². The summed E-state index contributed by atoms with van der Waals surface area (Å²) in [6.07, 6.45) is -0.293. The Morgan fingerprint density at radius 1 is 1.04 bits per heavy atom. The van der Waals surface area contributed by atoms with Crippen LogP contribution in [0.3, 0.4) is 0 Å². The van der Waals surface area contributed by atoms with E-state index in [-0.39, 0.29) is 23.0 Å². The molecule has 0 aliphatic carbocycles. The molecule has 0 bridgehead atoms. The molecule has 1 aliphatic rings. The van der Waals surface area contributed by atoms with Crippen molar-refractivity contribution in [3.8, 4) is 0 Å². The van der Waals surface area contributed by atoms with Gasteiger partial charge in [-0.25, -0.2) is 8.42 Å². The van der Waals surface area contributed by atoms with E-state index < -0.39 is 10.0 Å². The minimum Gasteiger partial charge on any atom is -0.373 e. The Balaban J connectivity index is 1.68. The van der Waals surface area contributed by atoms with Crippen molar-refractivity contribution < 1.29 is 17.9 Å². The molecule has 0 aromatic heterocycles. The molecule has 1 fully saturated rings. The van der Waals surface area contributed by atoms with Crippen LogP contribution in [-0.2, 0) is 21.3 Å². The summed E-state index contributed by atoms with van der Waals surface area (Å²) in [7, 11) is -3.60. The van der Waals surface area contributed by atoms with Crippen LogP contribution in [0.15, 0.2) is 59.5 Å². The minimum absolute atomic E-state index is 0.147. The molecule has 1 heterocycles. The molecule has 0 radical (unpaired) electrons. The van der Waals surface area contributed by atoms with Gasteiger partial charge in [-0.3, -0.25) is 4.79 Å². The quantitative estimate of drug-likeness (QED) is 0.854. The zero-order valence-corrected chi connectivity index (χ0v) is 16.3. The van der Waals surface area contributed by atoms with Crippen molar-refractivity contribution >= 4 is 15.9 Å². The Hall–Kier alpha value is -2.22. The zero-order valence-electron chi connectivity index (χ0n) is 15.5. The summed E-state index contributed by atoms with van der Waals surface area (Å²) in [5, 5.41) is 2.83. The van der Waals surface area contributed by atoms with Crippen LogP contribution in [-0.4, -0.2) is 43.9 Å². The summed E-state index contributed by atoms with van der Waals surface area (Å²) in [5.41, 5.74) is 1.43. The van der Waals surface area contributed by atoms with Crippen molar-refractivity contribution in [1.29, 1.82) is 0 Å². The summed E-state index contributed by atoms with van der Waals surface area (Å²) in [6.45, 7) is 4.79. The molecule has 7 heteroatoms. The first-order chi connectivity index (χ1) is 12.9. The summed E-state index contributed by atoms with van der Waals surface area (Å²) < 4.78 is 32.7. The van der Waals surface area contributed by atoms with Gasteiger partial charge in [0.05, 0.1) is 17.1 Å². The summed E-state index contributed by atoms with van der Waals surface area (Å²) >= 11 is 0. The van der Waals surface area contributed by atoms with Crippen molar-refractivity contribution in [2.45, 2.75) is 37.5 Å². The number of carbonyl (C=O) groups excluding carboxylic acids is 1. The lowest BCUT2D eigenvalue weighted by molar-refractivity contribution is -0.0440. The average Bonchev–Trinajstić information content (AvgIpc) is 2.66. The molecule has 2 aromatic carbocycles. The van der Waals surface area contributed by atoms with E-state index in [1.165, 1.54) is 16.4 Å². The van der Waals surface area contributed by atoms with Crippen LogP contribution in [0.5, 0.6) is 0 Å². The van der Waals surface area contributed by atoms with Crippen LogP contribution < -0.4 is 5.32 Å². The molecule has 3 rings (SSSR count). The Bertz CT molecular complexity index is 872. The van der Waals surface area contributed by atoms with Crippen LogP contribution in [0.4, 0.5) is 0 Å². The topological polar surface area (TPSA) is 75.7 Å². The molecule has 1 N–H and O–H groups in total. The van der Waals surface area contributed by atoms with E-state index in [1.807, 2.05) is 44.2 Å². The molecule has 1 amide bonds. The molecule has 144 valence electrons. The van der Waals surface area contributed by atoms with Gasteiger partial charge in [-0.2, -0.15) is 4.31 Å². The van der Waals surface area contributed by atoms with Crippen LogP contribution in [0.25, 0.3) is 0 Å². The monoisotopic (exact) mass is 388 g/mol. The highest BCUT2D eigenvalue weighted by molar-refractivity contribution is 7.89. The van der Waals surface area contributed by atoms with E-state index in [0.717, 1.165) is 5.56 Å². The van der Waals surface area contributed by atoms with Gasteiger partial charge < -0.3 is 10.1 Å². The number of rotatable bonds is 5. The lowest BCUT2D eigenvalue weighted by atomic mass is 10.2. The van der Waals surface area contributed by atoms with Gasteiger partial charge in [0.15, 0.2) is 0 Å². The van der Waals surface area contributed by atoms with Crippen molar-refractivity contribution in [1.82, 2.24) is 9.62 Å². The first-order valence-electron chi connectivity index (χ1n) is 8.94. The van der Waals surface area contributed by atoms with Gasteiger partial charge in [-0.15, -0.1) is 0 Å². The highest BCUT2D eigenvalue weighted by atomic mass is 32.2. The summed E-state index contributed by atoms with van der Waals surface area (Å²) in [5.74, 6) is -0.239. The van der Waals surface area contributed by atoms with Gasteiger partial charge in [0.25, 0.3) is 5.91 Å². The van der Waals surface area contributed by atoms with Gasteiger partial charge in [0.1, 0.15) is 0 Å². The first-order valence-corrected chi connectivity index (χ1v) is 10.4. The number of nitrogens with one attached hydrogen (secondary N) is 1. The van der Waals surface area contributed by atoms with E-state index in [4.69, 9.17) is 4.74 Å². The van der Waals surface area contributed by atoms with Crippen LogP contribution in [0.2, 0.25) is 0 Å². The standard InChI is InChI=1S/C20H24N2O4S/c1-15-13-22(14-16(2)26-15)27(24,25)19-10-8-18(9-11-19)20(23)21-12-17-6-4-3-5-7-17/h3-11,15-16H,12-14H2,1-2H3,(H,21,23)/t15-,16+. The molecular weight excluding hydrogens is 364 g/mol. The lowest BCUT2D eigenvalue weighted by Gasteiger charge is -2.34. The van der Waals surface area contributed by atoms with Crippen molar-refractivity contribution in [3.05, 3.63) is 65.7 Å². The predicted octanol–water partition coefficient (Wildman–Crippen LogP) is 2.41. The molecule has 6 nitrogen and oxygen atoms in total. The maximum Gasteiger partial charge on any atom is 0.251 e. The number of hydrogen-bond acceptors (Lipinski definition) is 4. The summed E-state index contributed by atoms with van der Waals surface area (Å²) in [4.78, 5) is 12.5. The maximum absolute atomic E-state index is 12.8. The maximum atomic E-state index is 12.8. The number of sulfonamides is 1. The van der Waals surface area contributed by atoms with Crippen molar-refractivity contribution in [2.75, 3.05) is 13.1 Å². The first kappa shape index (κ1) is 19.5. The second-order valence-corrected chi connectivity index (χ2v) is 8.71. The third-order valence-corrected chi connectivity index (χ3v) is 6.28. The second kappa shape index (κ2) is 8.21. The third-order valence-electron chi connectivity index (χ3n) is 4.44. The molecule has 0 unspecified atom stereocenters. The fourth-order valence-corrected chi connectivity index (χ4v) is 4.73. The number of nitrogens with zero attached hydrogens (tertiary/aromatic N) is 1. The highest BCUT2D eigenvalue weighted by Crippen LogP contribution is 2.21. The number of carbonyl (C=O) groups is 1. The molecule has 1 aliphatic heterocycles. The van der Waals surface area contributed by atoms with Gasteiger partial charge in [-0.05, 0) is 43.7 Å². The van der Waals surface area contributed by atoms with Gasteiger partial charge in [0.2, 0.25) is 10.0 Å². The Labute approximate surface area is 160 Å². The smallest absolute Gasteiger partial charge is 0.251 e. The average molecular weight is 388 g/mol. The lowest BCUT2D eigenvalue weighted by Crippen LogP contribution is -2.48. The van der Waals surface area contributed by atoms with Gasteiger partial charge in [0, 0.05) is 25.2 Å². The van der Waals surface area contributed by atoms with Crippen molar-refractivity contribution in [2.24, 2.45) is 0 Å². The molecule has 2 aromatic rings.